The maximum atomic E-state index is 11.6. The molecule has 4 atom stereocenters. The van der Waals surface area contributed by atoms with E-state index in [0.717, 1.165) is 25.7 Å². The van der Waals surface area contributed by atoms with Gasteiger partial charge in [0.1, 0.15) is 5.78 Å². The number of hydrogen-bond donors (Lipinski definition) is 0. The number of fused-ring (bicyclic) bond motifs is 3. The van der Waals surface area contributed by atoms with Crippen LogP contribution in [0.5, 0.6) is 0 Å². The highest BCUT2D eigenvalue weighted by atomic mass is 16.6. The number of epoxide rings is 1. The largest absolute Gasteiger partial charge is 0.369 e. The van der Waals surface area contributed by atoms with Crippen molar-refractivity contribution >= 4 is 5.78 Å². The molecule has 0 spiro atoms. The zero-order valence-corrected chi connectivity index (χ0v) is 7.38. The molecule has 1 saturated heterocycles. The van der Waals surface area contributed by atoms with E-state index < -0.39 is 0 Å². The minimum Gasteiger partial charge on any atom is -0.369 e. The molecule has 2 saturated carbocycles. The molecular formula is C10H14O2. The van der Waals surface area contributed by atoms with E-state index in [0.29, 0.717) is 23.9 Å². The van der Waals surface area contributed by atoms with Crippen molar-refractivity contribution in [3.05, 3.63) is 0 Å². The number of ketones is 1. The zero-order chi connectivity index (χ0) is 8.34. The Morgan fingerprint density at radius 2 is 2.33 bits per heavy atom. The van der Waals surface area contributed by atoms with Crippen molar-refractivity contribution in [1.29, 1.82) is 0 Å². The third-order valence-corrected chi connectivity index (χ3v) is 4.10. The molecule has 0 amide bonds. The van der Waals surface area contributed by atoms with Gasteiger partial charge in [0.05, 0.1) is 12.2 Å². The molecular weight excluding hydrogens is 152 g/mol. The highest BCUT2D eigenvalue weighted by Gasteiger charge is 2.60. The molecule has 0 unspecified atom stereocenters. The lowest BCUT2D eigenvalue weighted by Crippen LogP contribution is -2.36. The van der Waals surface area contributed by atoms with Crippen molar-refractivity contribution in [3.8, 4) is 0 Å². The summed E-state index contributed by atoms with van der Waals surface area (Å²) in [7, 11) is 0. The second kappa shape index (κ2) is 1.92. The SMILES string of the molecule is C[C@]12CC[C@@H]3O[C@@H]3[C@@H]1CCC2=O. The van der Waals surface area contributed by atoms with Gasteiger partial charge in [0.2, 0.25) is 0 Å². The number of carbonyl (C=O) groups is 1. The summed E-state index contributed by atoms with van der Waals surface area (Å²) in [6.45, 7) is 2.14. The standard InChI is InChI=1S/C10H14O2/c1-10-5-4-7-9(12-7)6(10)2-3-8(10)11/h6-7,9H,2-5H2,1H3/t6-,7-,9+,10-/m0/s1. The zero-order valence-electron chi connectivity index (χ0n) is 7.38. The van der Waals surface area contributed by atoms with E-state index in [9.17, 15) is 4.79 Å². The maximum Gasteiger partial charge on any atom is 0.139 e. The molecule has 2 heteroatoms. The van der Waals surface area contributed by atoms with Gasteiger partial charge in [0.25, 0.3) is 0 Å². The first-order chi connectivity index (χ1) is 5.72. The fourth-order valence-corrected chi connectivity index (χ4v) is 3.13. The first-order valence-corrected chi connectivity index (χ1v) is 4.90. The van der Waals surface area contributed by atoms with Crippen molar-refractivity contribution in [1.82, 2.24) is 0 Å². The Morgan fingerprint density at radius 3 is 3.17 bits per heavy atom. The van der Waals surface area contributed by atoms with E-state index in [1.54, 1.807) is 0 Å². The third kappa shape index (κ3) is 0.674. The van der Waals surface area contributed by atoms with Crippen LogP contribution in [0, 0.1) is 11.3 Å². The number of Topliss-reactive ketones (excluding diaryl/α,β-unsaturated/α-hetero) is 1. The fourth-order valence-electron chi connectivity index (χ4n) is 3.13. The van der Waals surface area contributed by atoms with Crippen LogP contribution in [0.2, 0.25) is 0 Å². The van der Waals surface area contributed by atoms with Gasteiger partial charge in [0, 0.05) is 17.8 Å². The second-order valence-corrected chi connectivity index (χ2v) is 4.66. The van der Waals surface area contributed by atoms with Gasteiger partial charge in [-0.3, -0.25) is 4.79 Å². The molecule has 0 bridgehead atoms. The summed E-state index contributed by atoms with van der Waals surface area (Å²) in [6, 6.07) is 0. The average Bonchev–Trinajstić information content (AvgIpc) is 2.76. The van der Waals surface area contributed by atoms with Crippen LogP contribution in [0.25, 0.3) is 0 Å². The van der Waals surface area contributed by atoms with Gasteiger partial charge in [-0.1, -0.05) is 6.92 Å². The van der Waals surface area contributed by atoms with Crippen molar-refractivity contribution in [3.63, 3.8) is 0 Å². The van der Waals surface area contributed by atoms with Crippen molar-refractivity contribution in [2.45, 2.75) is 44.8 Å². The van der Waals surface area contributed by atoms with Gasteiger partial charge in [-0.2, -0.15) is 0 Å². The molecule has 0 aromatic rings. The van der Waals surface area contributed by atoms with Gasteiger partial charge in [-0.15, -0.1) is 0 Å². The van der Waals surface area contributed by atoms with Crippen LogP contribution in [0.1, 0.15) is 32.6 Å². The predicted molar refractivity (Wildman–Crippen MR) is 43.7 cm³/mol. The van der Waals surface area contributed by atoms with Crippen LogP contribution < -0.4 is 0 Å². The molecule has 3 rings (SSSR count). The average molecular weight is 166 g/mol. The maximum absolute atomic E-state index is 11.6. The summed E-state index contributed by atoms with van der Waals surface area (Å²) in [5.41, 5.74) is -0.00231. The number of rotatable bonds is 0. The third-order valence-electron chi connectivity index (χ3n) is 4.10. The van der Waals surface area contributed by atoms with Crippen molar-refractivity contribution < 1.29 is 9.53 Å². The van der Waals surface area contributed by atoms with Crippen molar-refractivity contribution in [2.75, 3.05) is 0 Å². The van der Waals surface area contributed by atoms with E-state index >= 15 is 0 Å². The van der Waals surface area contributed by atoms with Gasteiger partial charge in [-0.25, -0.2) is 0 Å². The fraction of sp³-hybridized carbons (Fsp3) is 0.900. The summed E-state index contributed by atoms with van der Waals surface area (Å²) in [4.78, 5) is 11.6. The first kappa shape index (κ1) is 7.07. The van der Waals surface area contributed by atoms with Gasteiger partial charge in [-0.05, 0) is 19.3 Å². The summed E-state index contributed by atoms with van der Waals surface area (Å²) in [6.07, 6.45) is 5.04. The Balaban J connectivity index is 1.96. The van der Waals surface area contributed by atoms with Gasteiger partial charge >= 0.3 is 0 Å². The van der Waals surface area contributed by atoms with Crippen LogP contribution >= 0.6 is 0 Å². The van der Waals surface area contributed by atoms with E-state index in [4.69, 9.17) is 4.74 Å². The molecule has 2 nitrogen and oxygen atoms in total. The lowest BCUT2D eigenvalue weighted by atomic mass is 9.69. The van der Waals surface area contributed by atoms with Gasteiger partial charge < -0.3 is 4.74 Å². The normalized spacial score (nSPS) is 56.4. The van der Waals surface area contributed by atoms with E-state index in [2.05, 4.69) is 6.92 Å². The topological polar surface area (TPSA) is 29.6 Å². The Labute approximate surface area is 72.3 Å². The minimum absolute atomic E-state index is 0.00231. The summed E-state index contributed by atoms with van der Waals surface area (Å²) in [5, 5.41) is 0. The Morgan fingerprint density at radius 1 is 1.50 bits per heavy atom. The van der Waals surface area contributed by atoms with Crippen molar-refractivity contribution in [2.24, 2.45) is 11.3 Å². The molecule has 3 aliphatic rings. The number of ether oxygens (including phenoxy) is 1. The van der Waals surface area contributed by atoms with E-state index in [1.165, 1.54) is 0 Å². The van der Waals surface area contributed by atoms with E-state index in [-0.39, 0.29) is 5.41 Å². The molecule has 0 radical (unpaired) electrons. The Hall–Kier alpha value is -0.370. The highest BCUT2D eigenvalue weighted by molar-refractivity contribution is 5.87. The molecule has 66 valence electrons. The Bertz CT molecular complexity index is 248. The second-order valence-electron chi connectivity index (χ2n) is 4.66. The highest BCUT2D eigenvalue weighted by Crippen LogP contribution is 2.56. The molecule has 2 aliphatic carbocycles. The molecule has 0 aromatic heterocycles. The summed E-state index contributed by atoms with van der Waals surface area (Å²) in [5.74, 6) is 1.05. The van der Waals surface area contributed by atoms with Crippen LogP contribution in [-0.4, -0.2) is 18.0 Å². The van der Waals surface area contributed by atoms with E-state index in [1.807, 2.05) is 0 Å². The van der Waals surface area contributed by atoms with Crippen LogP contribution in [0.3, 0.4) is 0 Å². The lowest BCUT2D eigenvalue weighted by molar-refractivity contribution is -0.127. The molecule has 1 heterocycles. The predicted octanol–water partition coefficient (Wildman–Crippen LogP) is 1.53. The minimum atomic E-state index is -0.00231. The number of carbonyl (C=O) groups excluding carboxylic acids is 1. The van der Waals surface area contributed by atoms with Gasteiger partial charge in [0.15, 0.2) is 0 Å². The molecule has 1 aliphatic heterocycles. The van der Waals surface area contributed by atoms with Crippen LogP contribution in [0.15, 0.2) is 0 Å². The van der Waals surface area contributed by atoms with Crippen LogP contribution in [-0.2, 0) is 9.53 Å². The molecule has 0 aromatic carbocycles. The van der Waals surface area contributed by atoms with Crippen LogP contribution in [0.4, 0.5) is 0 Å². The molecule has 12 heavy (non-hydrogen) atoms. The smallest absolute Gasteiger partial charge is 0.139 e. The summed E-state index contributed by atoms with van der Waals surface area (Å²) >= 11 is 0. The Kier molecular flexibility index (Phi) is 1.13. The molecule has 0 N–H and O–H groups in total. The molecule has 3 fully saturated rings. The lowest BCUT2D eigenvalue weighted by Gasteiger charge is -2.31. The first-order valence-electron chi connectivity index (χ1n) is 4.90. The number of hydrogen-bond acceptors (Lipinski definition) is 2. The quantitative estimate of drug-likeness (QED) is 0.511. The monoisotopic (exact) mass is 166 g/mol. The summed E-state index contributed by atoms with van der Waals surface area (Å²) < 4.78 is 5.55.